The molecule has 1 saturated heterocycles. The standard InChI is InChI=1S/C23H29ClN5O11P/c1-6-21(32)20(29-9-28-14-15(25)26-8-27-16(14)29)39-22(7-24)19(23(21,22)33)40-41(34,37-10-35-17(30)12(2)3)38-11-36-18(31)13(4)5/h1,8-9,12-13,19-20,32-33H,7,10-11H2,2-5H3,(H2,25,26,27)/t19?,20-,21+,22-,23+/m1/s1. The number of nitrogens with two attached hydrogens (primary N) is 1. The molecule has 2 aliphatic rings. The van der Waals surface area contributed by atoms with Gasteiger partial charge in [0.15, 0.2) is 23.3 Å². The second-order valence-corrected chi connectivity index (χ2v) is 11.8. The van der Waals surface area contributed by atoms with Crippen LogP contribution in [0.1, 0.15) is 33.9 Å². The number of aliphatic hydroxyl groups is 2. The quantitative estimate of drug-likeness (QED) is 0.0989. The maximum atomic E-state index is 13.6. The summed E-state index contributed by atoms with van der Waals surface area (Å²) in [6, 6.07) is 0. The van der Waals surface area contributed by atoms with Crippen LogP contribution >= 0.6 is 19.4 Å². The second kappa shape index (κ2) is 11.1. The number of halogens is 1. The molecule has 0 spiro atoms. The predicted molar refractivity (Wildman–Crippen MR) is 138 cm³/mol. The number of carbonyl (C=O) groups is 2. The van der Waals surface area contributed by atoms with Gasteiger partial charge < -0.3 is 30.2 Å². The van der Waals surface area contributed by atoms with E-state index in [9.17, 15) is 24.4 Å². The normalized spacial score (nSPS) is 29.0. The van der Waals surface area contributed by atoms with Gasteiger partial charge in [-0.25, -0.2) is 28.6 Å². The number of nitrogens with zero attached hydrogens (tertiary/aromatic N) is 4. The summed E-state index contributed by atoms with van der Waals surface area (Å²) in [4.78, 5) is 35.7. The molecule has 0 radical (unpaired) electrons. The molecule has 1 aliphatic heterocycles. The summed E-state index contributed by atoms with van der Waals surface area (Å²) >= 11 is 6.19. The van der Waals surface area contributed by atoms with Crippen molar-refractivity contribution in [3.05, 3.63) is 12.7 Å². The average molecular weight is 618 g/mol. The van der Waals surface area contributed by atoms with Crippen LogP contribution < -0.4 is 5.73 Å². The Hall–Kier alpha value is -2.87. The molecule has 4 N–H and O–H groups in total. The Kier molecular flexibility index (Phi) is 8.40. The number of hydrogen-bond acceptors (Lipinski definition) is 15. The fourth-order valence-corrected chi connectivity index (χ4v) is 5.86. The van der Waals surface area contributed by atoms with Gasteiger partial charge in [0.2, 0.25) is 19.2 Å². The molecule has 2 fully saturated rings. The van der Waals surface area contributed by atoms with Crippen molar-refractivity contribution < 1.29 is 52.1 Å². The topological polar surface area (TPSA) is 217 Å². The summed E-state index contributed by atoms with van der Waals surface area (Å²) in [6.45, 7) is 4.45. The van der Waals surface area contributed by atoms with Gasteiger partial charge in [-0.2, -0.15) is 0 Å². The predicted octanol–water partition coefficient (Wildman–Crippen LogP) is 0.864. The van der Waals surface area contributed by atoms with E-state index in [1.165, 1.54) is 10.9 Å². The first-order chi connectivity index (χ1) is 19.2. The molecule has 1 unspecified atom stereocenters. The summed E-state index contributed by atoms with van der Waals surface area (Å²) < 4.78 is 46.3. The molecule has 3 heterocycles. The smallest absolute Gasteiger partial charge is 0.438 e. The van der Waals surface area contributed by atoms with Crippen LogP contribution in [0, 0.1) is 24.2 Å². The number of imidazole rings is 1. The van der Waals surface area contributed by atoms with Crippen molar-refractivity contribution in [2.24, 2.45) is 11.8 Å². The van der Waals surface area contributed by atoms with E-state index < -0.39 is 80.2 Å². The number of terminal acetylenes is 1. The van der Waals surface area contributed by atoms with Crippen LogP contribution in [0.3, 0.4) is 0 Å². The highest BCUT2D eigenvalue weighted by Gasteiger charge is 2.94. The highest BCUT2D eigenvalue weighted by atomic mass is 35.5. The molecular weight excluding hydrogens is 589 g/mol. The molecule has 1 aliphatic carbocycles. The van der Waals surface area contributed by atoms with Gasteiger partial charge in [-0.15, -0.1) is 18.0 Å². The van der Waals surface area contributed by atoms with Crippen molar-refractivity contribution in [3.8, 4) is 12.3 Å². The van der Waals surface area contributed by atoms with Gasteiger partial charge in [0, 0.05) is 0 Å². The van der Waals surface area contributed by atoms with Gasteiger partial charge in [-0.1, -0.05) is 33.6 Å². The minimum absolute atomic E-state index is 0.0414. The summed E-state index contributed by atoms with van der Waals surface area (Å²) in [5.41, 5.74) is -0.871. The van der Waals surface area contributed by atoms with Crippen LogP contribution in [0.25, 0.3) is 11.2 Å². The van der Waals surface area contributed by atoms with Gasteiger partial charge in [0.1, 0.15) is 23.5 Å². The van der Waals surface area contributed by atoms with Gasteiger partial charge in [-0.3, -0.25) is 18.7 Å². The SMILES string of the molecule is C#C[C@]1(O)[C@H](n2cnc3c(N)ncnc32)O[C@]2(CCl)C(OP(=O)(OCOC(=O)C(C)C)OCOC(=O)C(C)C)[C@@]21O. The number of ether oxygens (including phenoxy) is 3. The molecule has 41 heavy (non-hydrogen) atoms. The zero-order chi connectivity index (χ0) is 30.4. The van der Waals surface area contributed by atoms with Gasteiger partial charge in [0.25, 0.3) is 0 Å². The fraction of sp³-hybridized carbons (Fsp3) is 0.609. The molecule has 16 nitrogen and oxygen atoms in total. The van der Waals surface area contributed by atoms with Crippen LogP contribution in [0.4, 0.5) is 5.82 Å². The van der Waals surface area contributed by atoms with Crippen molar-refractivity contribution in [2.45, 2.75) is 56.8 Å². The van der Waals surface area contributed by atoms with E-state index in [2.05, 4.69) is 20.9 Å². The first kappa shape index (κ1) is 31.1. The minimum Gasteiger partial charge on any atom is -0.438 e. The van der Waals surface area contributed by atoms with Crippen molar-refractivity contribution in [3.63, 3.8) is 0 Å². The van der Waals surface area contributed by atoms with E-state index in [-0.39, 0.29) is 17.0 Å². The lowest BCUT2D eigenvalue weighted by atomic mass is 9.92. The third-order valence-electron chi connectivity index (χ3n) is 6.68. The zero-order valence-electron chi connectivity index (χ0n) is 22.4. The average Bonchev–Trinajstić information content (AvgIpc) is 3.18. The number of alkyl halides is 1. The Balaban J connectivity index is 1.61. The summed E-state index contributed by atoms with van der Waals surface area (Å²) in [5, 5.41) is 23.3. The Labute approximate surface area is 239 Å². The van der Waals surface area contributed by atoms with Crippen molar-refractivity contribution in [1.29, 1.82) is 0 Å². The maximum absolute atomic E-state index is 13.6. The van der Waals surface area contributed by atoms with Crippen LogP contribution in [0.15, 0.2) is 12.7 Å². The second-order valence-electron chi connectivity index (χ2n) is 9.92. The first-order valence-electron chi connectivity index (χ1n) is 12.2. The van der Waals surface area contributed by atoms with Crippen LogP contribution in [0.2, 0.25) is 0 Å². The molecule has 1 saturated carbocycles. The number of phosphoric acid groups is 1. The van der Waals surface area contributed by atoms with Crippen LogP contribution in [-0.2, 0) is 41.9 Å². The minimum atomic E-state index is -4.82. The molecule has 5 atom stereocenters. The lowest BCUT2D eigenvalue weighted by molar-refractivity contribution is -0.160. The molecule has 2 aromatic heterocycles. The summed E-state index contributed by atoms with van der Waals surface area (Å²) in [6.07, 6.45) is 4.84. The number of carbonyl (C=O) groups excluding carboxylic acids is 2. The summed E-state index contributed by atoms with van der Waals surface area (Å²) in [7, 11) is -4.82. The highest BCUT2D eigenvalue weighted by Crippen LogP contribution is 2.72. The molecule has 224 valence electrons. The van der Waals surface area contributed by atoms with E-state index >= 15 is 0 Å². The van der Waals surface area contributed by atoms with Crippen LogP contribution in [-0.4, -0.2) is 84.0 Å². The Morgan fingerprint density at radius 2 is 1.76 bits per heavy atom. The molecule has 0 bridgehead atoms. The summed E-state index contributed by atoms with van der Waals surface area (Å²) in [5.74, 6) is -0.818. The van der Waals surface area contributed by atoms with E-state index in [1.807, 2.05) is 0 Å². The molecule has 2 aromatic rings. The van der Waals surface area contributed by atoms with Gasteiger partial charge >= 0.3 is 19.8 Å². The number of nitrogen functional groups attached to an aromatic ring is 1. The lowest BCUT2D eigenvalue weighted by Gasteiger charge is -2.32. The molecule has 0 amide bonds. The number of aromatic nitrogens is 4. The third-order valence-corrected chi connectivity index (χ3v) is 8.39. The van der Waals surface area contributed by atoms with Crippen molar-refractivity contribution in [1.82, 2.24) is 19.5 Å². The molecule has 18 heteroatoms. The molecule has 4 rings (SSSR count). The number of fused-ring (bicyclic) bond motifs is 2. The molecular formula is C23H29ClN5O11P. The number of phosphoric ester groups is 1. The fourth-order valence-electron chi connectivity index (χ4n) is 4.31. The Bertz CT molecular complexity index is 1400. The van der Waals surface area contributed by atoms with Crippen molar-refractivity contribution in [2.75, 3.05) is 25.2 Å². The number of rotatable bonds is 12. The van der Waals surface area contributed by atoms with Crippen LogP contribution in [0.5, 0.6) is 0 Å². The monoisotopic (exact) mass is 617 g/mol. The van der Waals surface area contributed by atoms with E-state index in [4.69, 9.17) is 51.5 Å². The first-order valence-corrected chi connectivity index (χ1v) is 14.2. The van der Waals surface area contributed by atoms with Crippen molar-refractivity contribution >= 4 is 48.3 Å². The van der Waals surface area contributed by atoms with E-state index in [0.717, 1.165) is 6.33 Å². The van der Waals surface area contributed by atoms with Gasteiger partial charge in [-0.05, 0) is 0 Å². The number of hydrogen-bond donors (Lipinski definition) is 3. The largest absolute Gasteiger partial charge is 0.481 e. The molecule has 0 aromatic carbocycles. The van der Waals surface area contributed by atoms with E-state index in [0.29, 0.717) is 0 Å². The zero-order valence-corrected chi connectivity index (χ0v) is 24.1. The highest BCUT2D eigenvalue weighted by molar-refractivity contribution is 7.48. The maximum Gasteiger partial charge on any atom is 0.481 e. The Morgan fingerprint density at radius 3 is 2.27 bits per heavy atom. The van der Waals surface area contributed by atoms with E-state index in [1.54, 1.807) is 27.7 Å². The number of anilines is 1. The number of esters is 2. The third kappa shape index (κ3) is 4.96. The Morgan fingerprint density at radius 1 is 1.17 bits per heavy atom. The lowest BCUT2D eigenvalue weighted by Crippen LogP contribution is -2.50. The van der Waals surface area contributed by atoms with Gasteiger partial charge in [0.05, 0.1) is 24.0 Å².